The maximum Gasteiger partial charge on any atom is 0.356 e. The lowest BCUT2D eigenvalue weighted by Gasteiger charge is -2.08. The van der Waals surface area contributed by atoms with Crippen molar-refractivity contribution < 1.29 is 9.53 Å². The van der Waals surface area contributed by atoms with E-state index in [1.54, 1.807) is 6.92 Å². The fourth-order valence-electron chi connectivity index (χ4n) is 0.916. The number of carbonyl (C=O) groups excluding carboxylic acids is 1. The fraction of sp³-hybridized carbons (Fsp3) is 0.300. The van der Waals surface area contributed by atoms with Gasteiger partial charge >= 0.3 is 5.97 Å². The lowest BCUT2D eigenvalue weighted by molar-refractivity contribution is 0.0594. The summed E-state index contributed by atoms with van der Waals surface area (Å²) in [7, 11) is 1.29. The molecule has 1 heterocycles. The van der Waals surface area contributed by atoms with Crippen LogP contribution in [0.15, 0.2) is 12.4 Å². The quantitative estimate of drug-likeness (QED) is 0.581. The maximum atomic E-state index is 11.1. The summed E-state index contributed by atoms with van der Waals surface area (Å²) in [4.78, 5) is 18.8. The van der Waals surface area contributed by atoms with Crippen molar-refractivity contribution >= 4 is 11.8 Å². The van der Waals surface area contributed by atoms with Crippen molar-refractivity contribution in [1.82, 2.24) is 9.97 Å². The molecule has 78 valence electrons. The molecule has 1 rings (SSSR count). The fourth-order valence-corrected chi connectivity index (χ4v) is 0.916. The number of methoxy groups -OCH3 is 1. The van der Waals surface area contributed by atoms with E-state index >= 15 is 0 Å². The minimum atomic E-state index is -0.506. The topological polar surface area (TPSA) is 64.1 Å². The van der Waals surface area contributed by atoms with E-state index in [1.807, 2.05) is 0 Å². The zero-order valence-corrected chi connectivity index (χ0v) is 8.52. The number of nitrogens with zero attached hydrogens (tertiary/aromatic N) is 2. The predicted molar refractivity (Wildman–Crippen MR) is 55.3 cm³/mol. The van der Waals surface area contributed by atoms with E-state index in [0.29, 0.717) is 5.82 Å². The molecule has 1 aromatic rings. The molecule has 1 N–H and O–H groups in total. The minimum Gasteiger partial charge on any atom is -0.464 e. The number of hydrogen-bond acceptors (Lipinski definition) is 5. The molecular weight excluding hydrogens is 194 g/mol. The molecular formula is C10H11N3O2. The Bertz CT molecular complexity index is 398. The van der Waals surface area contributed by atoms with Crippen LogP contribution in [-0.2, 0) is 4.74 Å². The first kappa shape index (κ1) is 11.0. The van der Waals surface area contributed by atoms with Gasteiger partial charge in [0.1, 0.15) is 12.1 Å². The van der Waals surface area contributed by atoms with Crippen LogP contribution in [0.3, 0.4) is 0 Å². The first-order valence-corrected chi connectivity index (χ1v) is 4.30. The Balaban J connectivity index is 2.84. The maximum absolute atomic E-state index is 11.1. The van der Waals surface area contributed by atoms with Crippen LogP contribution in [0.2, 0.25) is 0 Å². The van der Waals surface area contributed by atoms with Gasteiger partial charge in [-0.3, -0.25) is 0 Å². The number of ether oxygens (including phenoxy) is 1. The molecule has 0 bridgehead atoms. The molecule has 0 spiro atoms. The largest absolute Gasteiger partial charge is 0.464 e. The van der Waals surface area contributed by atoms with Crippen LogP contribution in [0.25, 0.3) is 0 Å². The van der Waals surface area contributed by atoms with E-state index in [2.05, 4.69) is 25.9 Å². The molecule has 15 heavy (non-hydrogen) atoms. The Morgan fingerprint density at radius 2 is 2.40 bits per heavy atom. The van der Waals surface area contributed by atoms with Crippen molar-refractivity contribution in [2.45, 2.75) is 13.0 Å². The Morgan fingerprint density at radius 1 is 1.67 bits per heavy atom. The highest BCUT2D eigenvalue weighted by Gasteiger charge is 2.08. The first-order chi connectivity index (χ1) is 7.17. The van der Waals surface area contributed by atoms with E-state index in [1.165, 1.54) is 19.5 Å². The second kappa shape index (κ2) is 4.96. The highest BCUT2D eigenvalue weighted by molar-refractivity contribution is 5.87. The Hall–Kier alpha value is -2.09. The molecule has 0 aliphatic heterocycles. The molecule has 0 radical (unpaired) electrons. The van der Waals surface area contributed by atoms with Gasteiger partial charge in [-0.05, 0) is 6.92 Å². The molecule has 0 fully saturated rings. The summed E-state index contributed by atoms with van der Waals surface area (Å²) in [6.07, 6.45) is 6.47. The smallest absolute Gasteiger partial charge is 0.356 e. The zero-order valence-electron chi connectivity index (χ0n) is 8.52. The van der Waals surface area contributed by atoms with Crippen LogP contribution in [0.4, 0.5) is 5.82 Å². The van der Waals surface area contributed by atoms with E-state index in [4.69, 9.17) is 6.42 Å². The number of esters is 1. The van der Waals surface area contributed by atoms with Crippen molar-refractivity contribution in [1.29, 1.82) is 0 Å². The summed E-state index contributed by atoms with van der Waals surface area (Å²) >= 11 is 0. The van der Waals surface area contributed by atoms with E-state index in [0.717, 1.165) is 0 Å². The van der Waals surface area contributed by atoms with Crippen LogP contribution >= 0.6 is 0 Å². The molecule has 0 amide bonds. The van der Waals surface area contributed by atoms with Crippen LogP contribution in [0.1, 0.15) is 17.4 Å². The van der Waals surface area contributed by atoms with Crippen molar-refractivity contribution in [3.05, 3.63) is 18.1 Å². The summed E-state index contributed by atoms with van der Waals surface area (Å²) in [6.45, 7) is 1.81. The lowest BCUT2D eigenvalue weighted by atomic mass is 10.3. The summed E-state index contributed by atoms with van der Waals surface area (Å²) in [6, 6.07) is 1.32. The average Bonchev–Trinajstić information content (AvgIpc) is 2.28. The molecule has 0 aliphatic carbocycles. The summed E-state index contributed by atoms with van der Waals surface area (Å²) < 4.78 is 4.53. The van der Waals surface area contributed by atoms with Gasteiger partial charge in [-0.25, -0.2) is 14.8 Å². The molecule has 5 heteroatoms. The van der Waals surface area contributed by atoms with E-state index < -0.39 is 5.97 Å². The lowest BCUT2D eigenvalue weighted by Crippen LogP contribution is -2.14. The molecule has 1 atom stereocenters. The van der Waals surface area contributed by atoms with Crippen molar-refractivity contribution in [2.24, 2.45) is 0 Å². The second-order valence-electron chi connectivity index (χ2n) is 2.81. The van der Waals surface area contributed by atoms with Crippen LogP contribution < -0.4 is 5.32 Å². The van der Waals surface area contributed by atoms with Crippen molar-refractivity contribution in [3.8, 4) is 12.3 Å². The molecule has 5 nitrogen and oxygen atoms in total. The Labute approximate surface area is 87.9 Å². The normalized spacial score (nSPS) is 11.3. The van der Waals surface area contributed by atoms with Gasteiger partial charge in [-0.2, -0.15) is 0 Å². The van der Waals surface area contributed by atoms with Crippen LogP contribution in [0.5, 0.6) is 0 Å². The molecule has 0 aliphatic rings. The SMILES string of the molecule is C#CC(C)Nc1cc(C(=O)OC)ncn1. The number of anilines is 1. The molecule has 1 unspecified atom stereocenters. The third kappa shape index (κ3) is 2.95. The number of aromatic nitrogens is 2. The molecule has 0 saturated carbocycles. The number of hydrogen-bond donors (Lipinski definition) is 1. The van der Waals surface area contributed by atoms with Crippen LogP contribution in [0, 0.1) is 12.3 Å². The molecule has 1 aromatic heterocycles. The second-order valence-corrected chi connectivity index (χ2v) is 2.81. The third-order valence-electron chi connectivity index (χ3n) is 1.68. The highest BCUT2D eigenvalue weighted by Crippen LogP contribution is 2.06. The number of nitrogens with one attached hydrogen (secondary N) is 1. The minimum absolute atomic E-state index is 0.162. The summed E-state index contributed by atoms with van der Waals surface area (Å²) in [5.74, 6) is 2.48. The van der Waals surface area contributed by atoms with E-state index in [-0.39, 0.29) is 11.7 Å². The molecule has 0 aromatic carbocycles. The van der Waals surface area contributed by atoms with Gasteiger partial charge in [0.25, 0.3) is 0 Å². The first-order valence-electron chi connectivity index (χ1n) is 4.30. The van der Waals surface area contributed by atoms with Gasteiger partial charge in [0.2, 0.25) is 0 Å². The van der Waals surface area contributed by atoms with Gasteiger partial charge in [0.05, 0.1) is 13.2 Å². The zero-order chi connectivity index (χ0) is 11.3. The molecule has 0 saturated heterocycles. The third-order valence-corrected chi connectivity index (χ3v) is 1.68. The highest BCUT2D eigenvalue weighted by atomic mass is 16.5. The predicted octanol–water partition coefficient (Wildman–Crippen LogP) is 0.697. The van der Waals surface area contributed by atoms with Crippen LogP contribution in [-0.4, -0.2) is 29.1 Å². The van der Waals surface area contributed by atoms with Crippen molar-refractivity contribution in [3.63, 3.8) is 0 Å². The Morgan fingerprint density at radius 3 is 3.00 bits per heavy atom. The summed E-state index contributed by atoms with van der Waals surface area (Å²) in [5, 5.41) is 2.92. The monoisotopic (exact) mass is 205 g/mol. The number of terminal acetylenes is 1. The number of carbonyl (C=O) groups is 1. The standard InChI is InChI=1S/C10H11N3O2/c1-4-7(2)13-9-5-8(10(14)15-3)11-6-12-9/h1,5-7H,2-3H3,(H,11,12,13). The van der Waals surface area contributed by atoms with Crippen molar-refractivity contribution in [2.75, 3.05) is 12.4 Å². The van der Waals surface area contributed by atoms with Gasteiger partial charge in [0, 0.05) is 6.07 Å². The number of rotatable bonds is 3. The van der Waals surface area contributed by atoms with E-state index in [9.17, 15) is 4.79 Å². The Kier molecular flexibility index (Phi) is 3.63. The van der Waals surface area contributed by atoms with Gasteiger partial charge in [0.15, 0.2) is 5.69 Å². The van der Waals surface area contributed by atoms with Gasteiger partial charge in [-0.1, -0.05) is 5.92 Å². The van der Waals surface area contributed by atoms with Gasteiger partial charge < -0.3 is 10.1 Å². The van der Waals surface area contributed by atoms with Gasteiger partial charge in [-0.15, -0.1) is 6.42 Å². The summed E-state index contributed by atoms with van der Waals surface area (Å²) in [5.41, 5.74) is 0.194. The average molecular weight is 205 g/mol.